The van der Waals surface area contributed by atoms with E-state index in [2.05, 4.69) is 5.32 Å². The summed E-state index contributed by atoms with van der Waals surface area (Å²) in [7, 11) is 0. The molecule has 2 N–H and O–H groups in total. The molecule has 0 bridgehead atoms. The number of morpholine rings is 1. The van der Waals surface area contributed by atoms with E-state index in [1.807, 2.05) is 27.7 Å². The molecule has 2 amide bonds. The number of carbonyl (C=O) groups excluding carboxylic acids is 1. The molecule has 21 heavy (non-hydrogen) atoms. The van der Waals surface area contributed by atoms with E-state index in [1.165, 1.54) is 0 Å². The molecular formula is C15H28N2O4. The lowest BCUT2D eigenvalue weighted by Gasteiger charge is -2.35. The summed E-state index contributed by atoms with van der Waals surface area (Å²) in [6, 6.07) is -0.0639. The lowest BCUT2D eigenvalue weighted by molar-refractivity contribution is -0.137. The first-order valence-electron chi connectivity index (χ1n) is 7.59. The van der Waals surface area contributed by atoms with Gasteiger partial charge in [0.25, 0.3) is 0 Å². The summed E-state index contributed by atoms with van der Waals surface area (Å²) in [4.78, 5) is 24.5. The van der Waals surface area contributed by atoms with Crippen LogP contribution in [-0.2, 0) is 9.53 Å². The first-order chi connectivity index (χ1) is 9.69. The summed E-state index contributed by atoms with van der Waals surface area (Å²) in [6.45, 7) is 9.76. The van der Waals surface area contributed by atoms with Gasteiger partial charge in [0.15, 0.2) is 0 Å². The molecule has 1 aliphatic rings. The maximum absolute atomic E-state index is 12.1. The fourth-order valence-corrected chi connectivity index (χ4v) is 2.53. The summed E-state index contributed by atoms with van der Waals surface area (Å²) in [6.07, 6.45) is 1.67. The second-order valence-corrected chi connectivity index (χ2v) is 6.70. The normalized spacial score (nSPS) is 23.0. The van der Waals surface area contributed by atoms with Gasteiger partial charge in [-0.15, -0.1) is 0 Å². The lowest BCUT2D eigenvalue weighted by atomic mass is 9.84. The molecule has 0 aromatic heterocycles. The van der Waals surface area contributed by atoms with Crippen LogP contribution < -0.4 is 5.32 Å². The Hall–Kier alpha value is -1.30. The maximum atomic E-state index is 12.1. The number of nitrogens with zero attached hydrogens (tertiary/aromatic N) is 1. The summed E-state index contributed by atoms with van der Waals surface area (Å²) in [5.41, 5.74) is -0.0860. The van der Waals surface area contributed by atoms with E-state index in [0.717, 1.165) is 6.42 Å². The Morgan fingerprint density at radius 3 is 2.33 bits per heavy atom. The molecule has 1 heterocycles. The Labute approximate surface area is 126 Å². The Kier molecular flexibility index (Phi) is 6.45. The molecule has 2 unspecified atom stereocenters. The minimum absolute atomic E-state index is 0.0616. The molecule has 2 atom stereocenters. The molecule has 122 valence electrons. The average molecular weight is 300 g/mol. The largest absolute Gasteiger partial charge is 0.481 e. The van der Waals surface area contributed by atoms with Gasteiger partial charge in [0, 0.05) is 26.1 Å². The van der Waals surface area contributed by atoms with Crippen LogP contribution >= 0.6 is 0 Å². The van der Waals surface area contributed by atoms with Gasteiger partial charge in [-0.05, 0) is 32.1 Å². The van der Waals surface area contributed by atoms with Crippen LogP contribution in [0.2, 0.25) is 0 Å². The van der Waals surface area contributed by atoms with Gasteiger partial charge in [0.2, 0.25) is 0 Å². The van der Waals surface area contributed by atoms with Gasteiger partial charge >= 0.3 is 12.0 Å². The molecule has 1 aliphatic heterocycles. The van der Waals surface area contributed by atoms with Crippen molar-refractivity contribution < 1.29 is 19.4 Å². The molecule has 1 fully saturated rings. The van der Waals surface area contributed by atoms with E-state index in [0.29, 0.717) is 26.1 Å². The number of nitrogens with one attached hydrogen (secondary N) is 1. The first-order valence-corrected chi connectivity index (χ1v) is 7.59. The fraction of sp³-hybridized carbons (Fsp3) is 0.867. The Morgan fingerprint density at radius 2 is 1.81 bits per heavy atom. The van der Waals surface area contributed by atoms with Gasteiger partial charge < -0.3 is 20.1 Å². The minimum atomic E-state index is -0.775. The quantitative estimate of drug-likeness (QED) is 0.787. The maximum Gasteiger partial charge on any atom is 0.317 e. The Bertz CT molecular complexity index is 361. The summed E-state index contributed by atoms with van der Waals surface area (Å²) < 4.78 is 5.60. The number of hydrogen-bond acceptors (Lipinski definition) is 3. The highest BCUT2D eigenvalue weighted by Gasteiger charge is 2.26. The van der Waals surface area contributed by atoms with Gasteiger partial charge in [0.1, 0.15) is 0 Å². The zero-order chi connectivity index (χ0) is 16.0. The van der Waals surface area contributed by atoms with Crippen molar-refractivity contribution in [1.82, 2.24) is 10.2 Å². The van der Waals surface area contributed by atoms with Gasteiger partial charge in [0.05, 0.1) is 12.2 Å². The highest BCUT2D eigenvalue weighted by molar-refractivity contribution is 5.74. The van der Waals surface area contributed by atoms with Crippen LogP contribution in [0.5, 0.6) is 0 Å². The number of carboxylic acid groups (broad SMARTS) is 1. The topological polar surface area (TPSA) is 78.9 Å². The first kappa shape index (κ1) is 17.8. The van der Waals surface area contributed by atoms with E-state index < -0.39 is 5.97 Å². The van der Waals surface area contributed by atoms with Crippen LogP contribution in [0.4, 0.5) is 4.79 Å². The van der Waals surface area contributed by atoms with Gasteiger partial charge in [-0.3, -0.25) is 4.79 Å². The second kappa shape index (κ2) is 7.64. The third kappa shape index (κ3) is 6.80. The zero-order valence-electron chi connectivity index (χ0n) is 13.5. The molecule has 1 rings (SSSR count). The zero-order valence-corrected chi connectivity index (χ0v) is 13.5. The lowest BCUT2D eigenvalue weighted by Crippen LogP contribution is -2.52. The van der Waals surface area contributed by atoms with Crippen molar-refractivity contribution in [3.05, 3.63) is 0 Å². The molecule has 0 spiro atoms. The number of hydrogen-bond donors (Lipinski definition) is 2. The predicted molar refractivity (Wildman–Crippen MR) is 80.2 cm³/mol. The highest BCUT2D eigenvalue weighted by atomic mass is 16.5. The minimum Gasteiger partial charge on any atom is -0.481 e. The highest BCUT2D eigenvalue weighted by Crippen LogP contribution is 2.26. The number of ether oxygens (including phenoxy) is 1. The second-order valence-electron chi connectivity index (χ2n) is 6.70. The van der Waals surface area contributed by atoms with Crippen molar-refractivity contribution in [3.8, 4) is 0 Å². The van der Waals surface area contributed by atoms with Crippen molar-refractivity contribution in [2.45, 2.75) is 59.2 Å². The van der Waals surface area contributed by atoms with Gasteiger partial charge in [-0.25, -0.2) is 4.79 Å². The van der Waals surface area contributed by atoms with E-state index in [1.54, 1.807) is 4.90 Å². The Balaban J connectivity index is 2.31. The van der Waals surface area contributed by atoms with Crippen LogP contribution in [0.15, 0.2) is 0 Å². The SMILES string of the molecule is CC1CN(C(=O)NCCC(C)(C)CCC(=O)O)CC(C)O1. The summed E-state index contributed by atoms with van der Waals surface area (Å²) in [5.74, 6) is -0.775. The monoisotopic (exact) mass is 300 g/mol. The number of urea groups is 1. The average Bonchev–Trinajstić information content (AvgIpc) is 2.35. The smallest absolute Gasteiger partial charge is 0.317 e. The predicted octanol–water partition coefficient (Wildman–Crippen LogP) is 2.09. The van der Waals surface area contributed by atoms with Crippen LogP contribution in [0.3, 0.4) is 0 Å². The number of amides is 2. The number of rotatable bonds is 6. The fourth-order valence-electron chi connectivity index (χ4n) is 2.53. The van der Waals surface area contributed by atoms with E-state index in [4.69, 9.17) is 9.84 Å². The van der Waals surface area contributed by atoms with Gasteiger partial charge in [-0.1, -0.05) is 13.8 Å². The molecule has 0 aromatic carbocycles. The number of carboxylic acids is 1. The molecule has 1 saturated heterocycles. The standard InChI is InChI=1S/C15H28N2O4/c1-11-9-17(10-12(2)21-11)14(20)16-8-7-15(3,4)6-5-13(18)19/h11-12H,5-10H2,1-4H3,(H,16,20)(H,18,19). The van der Waals surface area contributed by atoms with Crippen LogP contribution in [0.25, 0.3) is 0 Å². The molecule has 0 aliphatic carbocycles. The van der Waals surface area contributed by atoms with Crippen LogP contribution in [-0.4, -0.2) is 53.8 Å². The van der Waals surface area contributed by atoms with Crippen molar-refractivity contribution in [2.24, 2.45) is 5.41 Å². The molecule has 6 nitrogen and oxygen atoms in total. The van der Waals surface area contributed by atoms with E-state index in [9.17, 15) is 9.59 Å². The summed E-state index contributed by atoms with van der Waals surface area (Å²) >= 11 is 0. The summed E-state index contributed by atoms with van der Waals surface area (Å²) in [5, 5.41) is 11.6. The van der Waals surface area contributed by atoms with Crippen molar-refractivity contribution in [3.63, 3.8) is 0 Å². The molecule has 0 radical (unpaired) electrons. The third-order valence-electron chi connectivity index (χ3n) is 3.80. The van der Waals surface area contributed by atoms with E-state index in [-0.39, 0.29) is 30.1 Å². The van der Waals surface area contributed by atoms with Crippen molar-refractivity contribution in [2.75, 3.05) is 19.6 Å². The van der Waals surface area contributed by atoms with Crippen molar-refractivity contribution in [1.29, 1.82) is 0 Å². The van der Waals surface area contributed by atoms with Crippen LogP contribution in [0, 0.1) is 5.41 Å². The van der Waals surface area contributed by atoms with Gasteiger partial charge in [-0.2, -0.15) is 0 Å². The molecule has 0 saturated carbocycles. The van der Waals surface area contributed by atoms with Crippen LogP contribution in [0.1, 0.15) is 47.0 Å². The van der Waals surface area contributed by atoms with Crippen molar-refractivity contribution >= 4 is 12.0 Å². The number of carbonyl (C=O) groups is 2. The number of aliphatic carboxylic acids is 1. The third-order valence-corrected chi connectivity index (χ3v) is 3.80. The molecule has 0 aromatic rings. The molecular weight excluding hydrogens is 272 g/mol. The molecule has 6 heteroatoms. The Morgan fingerprint density at radius 1 is 1.24 bits per heavy atom. The van der Waals surface area contributed by atoms with E-state index >= 15 is 0 Å².